The Morgan fingerprint density at radius 3 is 2.62 bits per heavy atom. The Labute approximate surface area is 170 Å². The van der Waals surface area contributed by atoms with Gasteiger partial charge >= 0.3 is 0 Å². The molecule has 3 aromatic rings. The number of methoxy groups -OCH3 is 1. The van der Waals surface area contributed by atoms with Crippen LogP contribution in [0.2, 0.25) is 0 Å². The van der Waals surface area contributed by atoms with Crippen LogP contribution in [0.5, 0.6) is 11.5 Å². The van der Waals surface area contributed by atoms with E-state index in [1.807, 2.05) is 24.3 Å². The zero-order valence-corrected chi connectivity index (χ0v) is 16.7. The third-order valence-corrected chi connectivity index (χ3v) is 5.37. The number of para-hydroxylation sites is 2. The maximum atomic E-state index is 13.4. The van der Waals surface area contributed by atoms with Gasteiger partial charge in [-0.15, -0.1) is 0 Å². The average Bonchev–Trinajstić information content (AvgIpc) is 3.17. The molecular formula is C22H27FN4O2. The van der Waals surface area contributed by atoms with Crippen LogP contribution in [0.1, 0.15) is 12.8 Å². The van der Waals surface area contributed by atoms with Gasteiger partial charge in [-0.2, -0.15) is 5.10 Å². The minimum atomic E-state index is -0.243. The second-order valence-electron chi connectivity index (χ2n) is 7.27. The van der Waals surface area contributed by atoms with Crippen LogP contribution in [0.4, 0.5) is 10.2 Å². The Balaban J connectivity index is 1.19. The average molecular weight is 398 g/mol. The molecule has 1 saturated heterocycles. The molecule has 1 fully saturated rings. The van der Waals surface area contributed by atoms with Crippen LogP contribution in [-0.2, 0) is 0 Å². The smallest absolute Gasteiger partial charge is 0.161 e. The van der Waals surface area contributed by atoms with Gasteiger partial charge < -0.3 is 14.4 Å². The van der Waals surface area contributed by atoms with E-state index in [-0.39, 0.29) is 5.82 Å². The van der Waals surface area contributed by atoms with E-state index in [2.05, 4.69) is 20.0 Å². The summed E-state index contributed by atoms with van der Waals surface area (Å²) in [4.78, 5) is 4.76. The first kappa shape index (κ1) is 19.5. The number of benzene rings is 2. The fourth-order valence-corrected chi connectivity index (χ4v) is 3.76. The molecule has 154 valence electrons. The summed E-state index contributed by atoms with van der Waals surface area (Å²) in [5.41, 5.74) is 0.748. The molecule has 0 radical (unpaired) electrons. The van der Waals surface area contributed by atoms with E-state index in [1.54, 1.807) is 13.2 Å². The van der Waals surface area contributed by atoms with Crippen molar-refractivity contribution in [2.75, 3.05) is 51.3 Å². The summed E-state index contributed by atoms with van der Waals surface area (Å²) in [6, 6.07) is 12.5. The number of halogens is 1. The van der Waals surface area contributed by atoms with Crippen molar-refractivity contribution < 1.29 is 13.9 Å². The molecule has 0 atom stereocenters. The van der Waals surface area contributed by atoms with Crippen LogP contribution < -0.4 is 14.4 Å². The topological polar surface area (TPSA) is 53.6 Å². The largest absolute Gasteiger partial charge is 0.493 e. The number of anilines is 1. The molecule has 0 unspecified atom stereocenters. The van der Waals surface area contributed by atoms with Crippen LogP contribution in [0, 0.1) is 5.82 Å². The summed E-state index contributed by atoms with van der Waals surface area (Å²) in [7, 11) is 1.66. The summed E-state index contributed by atoms with van der Waals surface area (Å²) in [6.07, 6.45) is 2.10. The molecule has 1 aliphatic heterocycles. The normalized spacial score (nSPS) is 15.0. The second kappa shape index (κ2) is 9.13. The number of H-pyrrole nitrogens is 1. The van der Waals surface area contributed by atoms with E-state index in [1.165, 1.54) is 12.1 Å². The summed E-state index contributed by atoms with van der Waals surface area (Å²) < 4.78 is 24.5. The fraction of sp³-hybridized carbons (Fsp3) is 0.409. The van der Waals surface area contributed by atoms with Crippen molar-refractivity contribution in [3.63, 3.8) is 0 Å². The van der Waals surface area contributed by atoms with Gasteiger partial charge in [0.15, 0.2) is 17.3 Å². The molecule has 2 heterocycles. The van der Waals surface area contributed by atoms with Crippen molar-refractivity contribution in [2.45, 2.75) is 12.8 Å². The fourth-order valence-electron chi connectivity index (χ4n) is 3.76. The number of rotatable bonds is 8. The monoisotopic (exact) mass is 398 g/mol. The van der Waals surface area contributed by atoms with Gasteiger partial charge in [-0.1, -0.05) is 12.1 Å². The zero-order chi connectivity index (χ0) is 20.1. The molecular weight excluding hydrogens is 371 g/mol. The quantitative estimate of drug-likeness (QED) is 0.587. The van der Waals surface area contributed by atoms with E-state index in [0.29, 0.717) is 6.61 Å². The molecule has 1 N–H and O–H groups in total. The maximum Gasteiger partial charge on any atom is 0.161 e. The third kappa shape index (κ3) is 4.62. The number of hydrogen-bond acceptors (Lipinski definition) is 5. The molecule has 6 nitrogen and oxygen atoms in total. The lowest BCUT2D eigenvalue weighted by Crippen LogP contribution is -2.46. The summed E-state index contributed by atoms with van der Waals surface area (Å²) >= 11 is 0. The first-order chi connectivity index (χ1) is 14.2. The molecule has 1 aliphatic rings. The van der Waals surface area contributed by atoms with E-state index in [0.717, 1.165) is 73.8 Å². The second-order valence-corrected chi connectivity index (χ2v) is 7.27. The lowest BCUT2D eigenvalue weighted by Gasteiger charge is -2.35. The van der Waals surface area contributed by atoms with Gasteiger partial charge in [0.2, 0.25) is 0 Å². The Bertz CT molecular complexity index is 937. The van der Waals surface area contributed by atoms with Crippen molar-refractivity contribution in [3.05, 3.63) is 48.3 Å². The number of piperazine rings is 1. The standard InChI is InChI=1S/C22H27FN4O2/c1-28-20-6-2-3-7-21(20)29-15-5-4-10-26-11-13-27(14-12-26)22-18-9-8-17(23)16-19(18)24-25-22/h2-3,6-9,16H,4-5,10-15H2,1H3,(H,24,25). The highest BCUT2D eigenvalue weighted by Gasteiger charge is 2.20. The van der Waals surface area contributed by atoms with Crippen LogP contribution in [0.3, 0.4) is 0 Å². The van der Waals surface area contributed by atoms with Gasteiger partial charge in [-0.3, -0.25) is 10.00 Å². The van der Waals surface area contributed by atoms with Gasteiger partial charge in [-0.25, -0.2) is 4.39 Å². The molecule has 0 bridgehead atoms. The van der Waals surface area contributed by atoms with E-state index in [9.17, 15) is 4.39 Å². The van der Waals surface area contributed by atoms with Crippen LogP contribution in [0.25, 0.3) is 10.9 Å². The molecule has 0 aliphatic carbocycles. The highest BCUT2D eigenvalue weighted by molar-refractivity contribution is 5.90. The number of nitrogens with zero attached hydrogens (tertiary/aromatic N) is 3. The molecule has 2 aromatic carbocycles. The van der Waals surface area contributed by atoms with Gasteiger partial charge in [0.1, 0.15) is 5.82 Å². The van der Waals surface area contributed by atoms with Gasteiger partial charge in [0.25, 0.3) is 0 Å². The Hall–Kier alpha value is -2.80. The van der Waals surface area contributed by atoms with E-state index >= 15 is 0 Å². The van der Waals surface area contributed by atoms with E-state index < -0.39 is 0 Å². The molecule has 1 aromatic heterocycles. The predicted molar refractivity (Wildman–Crippen MR) is 112 cm³/mol. The van der Waals surface area contributed by atoms with Gasteiger partial charge in [0, 0.05) is 31.6 Å². The lowest BCUT2D eigenvalue weighted by molar-refractivity contribution is 0.235. The molecule has 0 amide bonds. The first-order valence-electron chi connectivity index (χ1n) is 10.1. The first-order valence-corrected chi connectivity index (χ1v) is 10.1. The summed E-state index contributed by atoms with van der Waals surface area (Å²) in [6.45, 7) is 5.61. The number of ether oxygens (including phenoxy) is 2. The third-order valence-electron chi connectivity index (χ3n) is 5.37. The SMILES string of the molecule is COc1ccccc1OCCCCN1CCN(c2n[nH]c3cc(F)ccc23)CC1. The van der Waals surface area contributed by atoms with E-state index in [4.69, 9.17) is 9.47 Å². The maximum absolute atomic E-state index is 13.4. The number of aromatic amines is 1. The summed E-state index contributed by atoms with van der Waals surface area (Å²) in [5.74, 6) is 2.25. The Morgan fingerprint density at radius 1 is 1.03 bits per heavy atom. The van der Waals surface area contributed by atoms with Crippen molar-refractivity contribution in [1.82, 2.24) is 15.1 Å². The predicted octanol–water partition coefficient (Wildman–Crippen LogP) is 3.69. The van der Waals surface area contributed by atoms with Crippen LogP contribution in [-0.4, -0.2) is 61.5 Å². The Morgan fingerprint density at radius 2 is 1.83 bits per heavy atom. The summed E-state index contributed by atoms with van der Waals surface area (Å²) in [5, 5.41) is 8.32. The molecule has 29 heavy (non-hydrogen) atoms. The minimum Gasteiger partial charge on any atom is -0.493 e. The van der Waals surface area contributed by atoms with Crippen molar-refractivity contribution in [3.8, 4) is 11.5 Å². The van der Waals surface area contributed by atoms with Crippen molar-refractivity contribution in [2.24, 2.45) is 0 Å². The van der Waals surface area contributed by atoms with Crippen LogP contribution >= 0.6 is 0 Å². The molecule has 0 spiro atoms. The lowest BCUT2D eigenvalue weighted by atomic mass is 10.2. The molecule has 7 heteroatoms. The number of fused-ring (bicyclic) bond motifs is 1. The highest BCUT2D eigenvalue weighted by Crippen LogP contribution is 2.26. The van der Waals surface area contributed by atoms with Crippen molar-refractivity contribution in [1.29, 1.82) is 0 Å². The minimum absolute atomic E-state index is 0.243. The highest BCUT2D eigenvalue weighted by atomic mass is 19.1. The van der Waals surface area contributed by atoms with Crippen LogP contribution in [0.15, 0.2) is 42.5 Å². The van der Waals surface area contributed by atoms with Gasteiger partial charge in [0.05, 0.1) is 19.2 Å². The van der Waals surface area contributed by atoms with Crippen molar-refractivity contribution >= 4 is 16.7 Å². The molecule has 4 rings (SSSR count). The Kier molecular flexibility index (Phi) is 6.14. The van der Waals surface area contributed by atoms with Gasteiger partial charge in [-0.05, 0) is 49.7 Å². The number of nitrogens with one attached hydrogen (secondary N) is 1. The zero-order valence-electron chi connectivity index (χ0n) is 16.7. The number of aromatic nitrogens is 2. The number of hydrogen-bond donors (Lipinski definition) is 1. The number of unbranched alkanes of at least 4 members (excludes halogenated alkanes) is 1. The molecule has 0 saturated carbocycles.